The molecule has 0 atom stereocenters. The predicted molar refractivity (Wildman–Crippen MR) is 110 cm³/mol. The van der Waals surface area contributed by atoms with Crippen molar-refractivity contribution in [2.75, 3.05) is 31.1 Å². The number of rotatable bonds is 5. The highest BCUT2D eigenvalue weighted by Crippen LogP contribution is 2.21. The summed E-state index contributed by atoms with van der Waals surface area (Å²) in [7, 11) is 0. The normalized spacial score (nSPS) is 14.3. The molecule has 5 heteroatoms. The largest absolute Gasteiger partial charge is 0.441 e. The van der Waals surface area contributed by atoms with E-state index in [2.05, 4.69) is 41.1 Å². The van der Waals surface area contributed by atoms with Gasteiger partial charge in [0.25, 0.3) is 0 Å². The molecule has 1 aliphatic rings. The molecule has 0 aliphatic carbocycles. The Morgan fingerprint density at radius 2 is 1.71 bits per heavy atom. The van der Waals surface area contributed by atoms with Crippen molar-refractivity contribution in [2.45, 2.75) is 19.8 Å². The fourth-order valence-electron chi connectivity index (χ4n) is 3.50. The number of nitrogens with zero attached hydrogens (tertiary/aromatic N) is 3. The number of carbonyl (C=O) groups excluding carboxylic acids is 1. The fourth-order valence-corrected chi connectivity index (χ4v) is 3.50. The van der Waals surface area contributed by atoms with Gasteiger partial charge in [-0.3, -0.25) is 4.79 Å². The summed E-state index contributed by atoms with van der Waals surface area (Å²) in [6, 6.07) is 18.5. The van der Waals surface area contributed by atoms with Crippen LogP contribution in [0.3, 0.4) is 0 Å². The number of oxazole rings is 1. The first-order valence-corrected chi connectivity index (χ1v) is 9.78. The van der Waals surface area contributed by atoms with Crippen LogP contribution in [0.5, 0.6) is 0 Å². The van der Waals surface area contributed by atoms with E-state index in [4.69, 9.17) is 4.42 Å². The Bertz CT molecular complexity index is 911. The van der Waals surface area contributed by atoms with Gasteiger partial charge >= 0.3 is 0 Å². The zero-order valence-electron chi connectivity index (χ0n) is 16.2. The number of anilines is 1. The number of para-hydroxylation sites is 1. The number of carbonyl (C=O) groups is 1. The van der Waals surface area contributed by atoms with Crippen molar-refractivity contribution in [1.29, 1.82) is 0 Å². The van der Waals surface area contributed by atoms with Gasteiger partial charge in [-0.15, -0.1) is 0 Å². The summed E-state index contributed by atoms with van der Waals surface area (Å²) in [5.41, 5.74) is 3.44. The van der Waals surface area contributed by atoms with Crippen LogP contribution in [-0.4, -0.2) is 42.0 Å². The van der Waals surface area contributed by atoms with Gasteiger partial charge in [-0.25, -0.2) is 4.98 Å². The Hall–Kier alpha value is -3.08. The molecule has 1 amide bonds. The first-order chi connectivity index (χ1) is 13.7. The van der Waals surface area contributed by atoms with Crippen molar-refractivity contribution in [3.8, 4) is 11.3 Å². The molecule has 3 aromatic rings. The van der Waals surface area contributed by atoms with E-state index in [1.54, 1.807) is 6.20 Å². The second-order valence-corrected chi connectivity index (χ2v) is 7.19. The molecule has 5 nitrogen and oxygen atoms in total. The van der Waals surface area contributed by atoms with Crippen LogP contribution in [0, 0.1) is 6.92 Å². The Morgan fingerprint density at radius 3 is 2.43 bits per heavy atom. The molecular formula is C23H25N3O2. The molecule has 0 saturated carbocycles. The lowest BCUT2D eigenvalue weighted by atomic mass is 10.1. The third kappa shape index (κ3) is 4.25. The highest BCUT2D eigenvalue weighted by atomic mass is 16.4. The van der Waals surface area contributed by atoms with Gasteiger partial charge in [-0.05, 0) is 19.1 Å². The van der Waals surface area contributed by atoms with Crippen molar-refractivity contribution in [2.24, 2.45) is 0 Å². The third-order valence-electron chi connectivity index (χ3n) is 5.20. The summed E-state index contributed by atoms with van der Waals surface area (Å²) in [4.78, 5) is 21.2. The highest BCUT2D eigenvalue weighted by molar-refractivity contribution is 5.76. The number of amides is 1. The van der Waals surface area contributed by atoms with Crippen molar-refractivity contribution < 1.29 is 9.21 Å². The Kier molecular flexibility index (Phi) is 5.42. The molecular weight excluding hydrogens is 350 g/mol. The first-order valence-electron chi connectivity index (χ1n) is 9.78. The van der Waals surface area contributed by atoms with Gasteiger partial charge in [-0.2, -0.15) is 0 Å². The molecule has 0 radical (unpaired) electrons. The molecule has 2 heterocycles. The quantitative estimate of drug-likeness (QED) is 0.678. The maximum absolute atomic E-state index is 12.6. The van der Waals surface area contributed by atoms with Gasteiger partial charge in [0.2, 0.25) is 5.91 Å². The summed E-state index contributed by atoms with van der Waals surface area (Å²) < 4.78 is 5.83. The fraction of sp³-hybridized carbons (Fsp3) is 0.304. The predicted octanol–water partition coefficient (Wildman–Crippen LogP) is 3.93. The summed E-state index contributed by atoms with van der Waals surface area (Å²) in [5.74, 6) is 1.54. The SMILES string of the molecule is Cc1ccc(-c2cnc(CCC(=O)N3CCN(c4ccccc4)CC3)o2)cc1. The van der Waals surface area contributed by atoms with Gasteiger partial charge in [-0.1, -0.05) is 48.0 Å². The van der Waals surface area contributed by atoms with E-state index < -0.39 is 0 Å². The van der Waals surface area contributed by atoms with Crippen molar-refractivity contribution >= 4 is 11.6 Å². The molecule has 28 heavy (non-hydrogen) atoms. The average molecular weight is 375 g/mol. The van der Waals surface area contributed by atoms with Crippen molar-refractivity contribution in [3.63, 3.8) is 0 Å². The van der Waals surface area contributed by atoms with Gasteiger partial charge in [0, 0.05) is 50.3 Å². The number of aryl methyl sites for hydroxylation is 2. The second kappa shape index (κ2) is 8.30. The Labute approximate surface area is 165 Å². The monoisotopic (exact) mass is 375 g/mol. The number of hydrogen-bond acceptors (Lipinski definition) is 4. The topological polar surface area (TPSA) is 49.6 Å². The Balaban J connectivity index is 1.28. The molecule has 1 fully saturated rings. The Morgan fingerprint density at radius 1 is 1.00 bits per heavy atom. The maximum Gasteiger partial charge on any atom is 0.223 e. The first kappa shape index (κ1) is 18.3. The summed E-state index contributed by atoms with van der Waals surface area (Å²) >= 11 is 0. The minimum Gasteiger partial charge on any atom is -0.441 e. The third-order valence-corrected chi connectivity index (χ3v) is 5.20. The molecule has 1 saturated heterocycles. The van der Waals surface area contributed by atoms with Crippen LogP contribution in [0.1, 0.15) is 17.9 Å². The minimum absolute atomic E-state index is 0.169. The van der Waals surface area contributed by atoms with E-state index in [0.29, 0.717) is 18.7 Å². The molecule has 1 aliphatic heterocycles. The molecule has 2 aromatic carbocycles. The van der Waals surface area contributed by atoms with Gasteiger partial charge in [0.05, 0.1) is 6.20 Å². The standard InChI is InChI=1S/C23H25N3O2/c1-18-7-9-19(10-8-18)21-17-24-22(28-21)11-12-23(27)26-15-13-25(14-16-26)20-5-3-2-4-6-20/h2-10,17H,11-16H2,1H3. The lowest BCUT2D eigenvalue weighted by molar-refractivity contribution is -0.131. The van der Waals surface area contributed by atoms with E-state index in [0.717, 1.165) is 37.5 Å². The van der Waals surface area contributed by atoms with Crippen molar-refractivity contribution in [1.82, 2.24) is 9.88 Å². The summed E-state index contributed by atoms with van der Waals surface area (Å²) in [5, 5.41) is 0. The zero-order valence-corrected chi connectivity index (χ0v) is 16.2. The smallest absolute Gasteiger partial charge is 0.223 e. The second-order valence-electron chi connectivity index (χ2n) is 7.19. The van der Waals surface area contributed by atoms with E-state index >= 15 is 0 Å². The molecule has 4 rings (SSSR count). The van der Waals surface area contributed by atoms with Gasteiger partial charge in [0.1, 0.15) is 0 Å². The molecule has 144 valence electrons. The average Bonchev–Trinajstić information content (AvgIpc) is 3.22. The minimum atomic E-state index is 0.169. The van der Waals surface area contributed by atoms with Gasteiger partial charge in [0.15, 0.2) is 11.7 Å². The lowest BCUT2D eigenvalue weighted by Crippen LogP contribution is -2.48. The van der Waals surface area contributed by atoms with Crippen LogP contribution < -0.4 is 4.90 Å². The van der Waals surface area contributed by atoms with Crippen LogP contribution in [0.25, 0.3) is 11.3 Å². The number of piperazine rings is 1. The molecule has 0 N–H and O–H groups in total. The van der Waals surface area contributed by atoms with E-state index in [9.17, 15) is 4.79 Å². The number of benzene rings is 2. The maximum atomic E-state index is 12.6. The van der Waals surface area contributed by atoms with Crippen LogP contribution in [0.15, 0.2) is 65.2 Å². The van der Waals surface area contributed by atoms with Crippen molar-refractivity contribution in [3.05, 3.63) is 72.2 Å². The zero-order chi connectivity index (χ0) is 19.3. The van der Waals surface area contributed by atoms with Gasteiger partial charge < -0.3 is 14.2 Å². The molecule has 1 aromatic heterocycles. The van der Waals surface area contributed by atoms with E-state index in [1.165, 1.54) is 11.3 Å². The highest BCUT2D eigenvalue weighted by Gasteiger charge is 2.21. The molecule has 0 bridgehead atoms. The van der Waals surface area contributed by atoms with Crippen LogP contribution in [0.4, 0.5) is 5.69 Å². The molecule has 0 spiro atoms. The van der Waals surface area contributed by atoms with Crippen LogP contribution in [-0.2, 0) is 11.2 Å². The van der Waals surface area contributed by atoms with E-state index in [1.807, 2.05) is 35.2 Å². The van der Waals surface area contributed by atoms with E-state index in [-0.39, 0.29) is 5.91 Å². The lowest BCUT2D eigenvalue weighted by Gasteiger charge is -2.36. The summed E-state index contributed by atoms with van der Waals surface area (Å²) in [6.45, 7) is 5.31. The number of aromatic nitrogens is 1. The number of hydrogen-bond donors (Lipinski definition) is 0. The summed E-state index contributed by atoms with van der Waals surface area (Å²) in [6.07, 6.45) is 2.70. The van der Waals surface area contributed by atoms with Crippen LogP contribution in [0.2, 0.25) is 0 Å². The van der Waals surface area contributed by atoms with Crippen LogP contribution >= 0.6 is 0 Å². The molecule has 0 unspecified atom stereocenters.